The molecule has 2 nitrogen and oxygen atoms in total. The standard InChI is InChI=1S/C16H17BrO2/c1-3-5-13-14(6-4-2)16(18)19-15(13)11-7-9-12(17)10-8-11/h3,7-10,15H,1,4-6H2,2H3. The van der Waals surface area contributed by atoms with E-state index in [9.17, 15) is 4.79 Å². The van der Waals surface area contributed by atoms with Gasteiger partial charge in [0.25, 0.3) is 0 Å². The zero-order valence-corrected chi connectivity index (χ0v) is 12.6. The SMILES string of the molecule is C=CCC1=C(CCC)C(=O)OC1c1ccc(Br)cc1. The maximum atomic E-state index is 12.0. The van der Waals surface area contributed by atoms with Gasteiger partial charge in [-0.05, 0) is 36.1 Å². The van der Waals surface area contributed by atoms with E-state index in [1.165, 1.54) is 0 Å². The minimum atomic E-state index is -0.250. The molecule has 1 aliphatic heterocycles. The Balaban J connectivity index is 2.37. The number of carbonyl (C=O) groups is 1. The molecule has 0 N–H and O–H groups in total. The zero-order chi connectivity index (χ0) is 13.8. The molecule has 3 heteroatoms. The number of ether oxygens (including phenoxy) is 1. The van der Waals surface area contributed by atoms with Gasteiger partial charge < -0.3 is 4.74 Å². The summed E-state index contributed by atoms with van der Waals surface area (Å²) in [5.41, 5.74) is 2.90. The maximum Gasteiger partial charge on any atom is 0.335 e. The second-order valence-corrected chi connectivity index (χ2v) is 5.50. The van der Waals surface area contributed by atoms with Gasteiger partial charge in [0.15, 0.2) is 0 Å². The van der Waals surface area contributed by atoms with Crippen LogP contribution in [0.2, 0.25) is 0 Å². The molecule has 0 bridgehead atoms. The van der Waals surface area contributed by atoms with E-state index >= 15 is 0 Å². The predicted octanol–water partition coefficient (Wildman–Crippen LogP) is 4.72. The van der Waals surface area contributed by atoms with E-state index in [1.54, 1.807) is 0 Å². The average Bonchev–Trinajstić information content (AvgIpc) is 2.70. The molecule has 19 heavy (non-hydrogen) atoms. The van der Waals surface area contributed by atoms with E-state index < -0.39 is 0 Å². The van der Waals surface area contributed by atoms with Crippen molar-refractivity contribution in [3.63, 3.8) is 0 Å². The van der Waals surface area contributed by atoms with Crippen LogP contribution >= 0.6 is 15.9 Å². The van der Waals surface area contributed by atoms with Gasteiger partial charge in [0.1, 0.15) is 6.10 Å². The van der Waals surface area contributed by atoms with Gasteiger partial charge in [-0.2, -0.15) is 0 Å². The molecule has 1 aromatic rings. The first-order chi connectivity index (χ1) is 9.17. The smallest absolute Gasteiger partial charge is 0.335 e. The summed E-state index contributed by atoms with van der Waals surface area (Å²) in [5.74, 6) is -0.174. The van der Waals surface area contributed by atoms with Gasteiger partial charge in [0.2, 0.25) is 0 Å². The Bertz CT molecular complexity index is 514. The minimum absolute atomic E-state index is 0.174. The molecule has 1 aliphatic rings. The van der Waals surface area contributed by atoms with Crippen molar-refractivity contribution in [3.05, 3.63) is 58.1 Å². The van der Waals surface area contributed by atoms with Crippen molar-refractivity contribution in [3.8, 4) is 0 Å². The van der Waals surface area contributed by atoms with Crippen LogP contribution < -0.4 is 0 Å². The fourth-order valence-electron chi connectivity index (χ4n) is 2.34. The van der Waals surface area contributed by atoms with Gasteiger partial charge in [-0.1, -0.05) is 47.5 Å². The normalized spacial score (nSPS) is 18.6. The van der Waals surface area contributed by atoms with Gasteiger partial charge in [-0.25, -0.2) is 4.79 Å². The van der Waals surface area contributed by atoms with Crippen molar-refractivity contribution in [2.75, 3.05) is 0 Å². The number of allylic oxidation sites excluding steroid dienone is 1. The summed E-state index contributed by atoms with van der Waals surface area (Å²) in [7, 11) is 0. The Morgan fingerprint density at radius 2 is 2.05 bits per heavy atom. The summed E-state index contributed by atoms with van der Waals surface area (Å²) in [6.07, 6.45) is 3.99. The molecule has 100 valence electrons. The van der Waals surface area contributed by atoms with Crippen LogP contribution in [0.15, 0.2) is 52.5 Å². The van der Waals surface area contributed by atoms with Crippen LogP contribution in [-0.4, -0.2) is 5.97 Å². The lowest BCUT2D eigenvalue weighted by Gasteiger charge is -2.13. The number of cyclic esters (lactones) is 1. The van der Waals surface area contributed by atoms with E-state index in [0.717, 1.165) is 34.0 Å². The molecule has 0 saturated carbocycles. The fourth-order valence-corrected chi connectivity index (χ4v) is 2.61. The highest BCUT2D eigenvalue weighted by Gasteiger charge is 2.33. The number of hydrogen-bond acceptors (Lipinski definition) is 2. The van der Waals surface area contributed by atoms with Crippen LogP contribution in [0, 0.1) is 0 Å². The Morgan fingerprint density at radius 1 is 1.37 bits per heavy atom. The quantitative estimate of drug-likeness (QED) is 0.579. The second-order valence-electron chi connectivity index (χ2n) is 4.58. The van der Waals surface area contributed by atoms with Gasteiger partial charge in [-0.3, -0.25) is 0 Å². The molecule has 0 radical (unpaired) electrons. The Hall–Kier alpha value is -1.35. The molecule has 0 amide bonds. The third-order valence-electron chi connectivity index (χ3n) is 3.21. The Morgan fingerprint density at radius 3 is 2.63 bits per heavy atom. The lowest BCUT2D eigenvalue weighted by molar-refractivity contribution is -0.140. The molecule has 1 aromatic carbocycles. The lowest BCUT2D eigenvalue weighted by atomic mass is 9.95. The summed E-state index contributed by atoms with van der Waals surface area (Å²) in [5, 5.41) is 0. The van der Waals surface area contributed by atoms with Crippen LogP contribution in [0.3, 0.4) is 0 Å². The number of benzene rings is 1. The van der Waals surface area contributed by atoms with E-state index in [1.807, 2.05) is 30.3 Å². The van der Waals surface area contributed by atoms with Crippen molar-refractivity contribution < 1.29 is 9.53 Å². The van der Waals surface area contributed by atoms with E-state index in [2.05, 4.69) is 29.4 Å². The van der Waals surface area contributed by atoms with Crippen molar-refractivity contribution in [1.82, 2.24) is 0 Å². The van der Waals surface area contributed by atoms with Crippen molar-refractivity contribution >= 4 is 21.9 Å². The Kier molecular flexibility index (Phi) is 4.59. The molecular formula is C16H17BrO2. The molecule has 1 unspecified atom stereocenters. The zero-order valence-electron chi connectivity index (χ0n) is 11.0. The van der Waals surface area contributed by atoms with Crippen LogP contribution in [0.4, 0.5) is 0 Å². The summed E-state index contributed by atoms with van der Waals surface area (Å²) >= 11 is 3.41. The number of esters is 1. The van der Waals surface area contributed by atoms with Crippen molar-refractivity contribution in [1.29, 1.82) is 0 Å². The van der Waals surface area contributed by atoms with Crippen LogP contribution in [-0.2, 0) is 9.53 Å². The largest absolute Gasteiger partial charge is 0.450 e. The molecule has 2 rings (SSSR count). The van der Waals surface area contributed by atoms with E-state index in [-0.39, 0.29) is 12.1 Å². The summed E-state index contributed by atoms with van der Waals surface area (Å²) < 4.78 is 6.56. The molecule has 1 heterocycles. The van der Waals surface area contributed by atoms with Crippen molar-refractivity contribution in [2.45, 2.75) is 32.3 Å². The van der Waals surface area contributed by atoms with Gasteiger partial charge in [-0.15, -0.1) is 6.58 Å². The van der Waals surface area contributed by atoms with Crippen LogP contribution in [0.1, 0.15) is 37.9 Å². The second kappa shape index (κ2) is 6.20. The average molecular weight is 321 g/mol. The molecular weight excluding hydrogens is 304 g/mol. The molecule has 0 spiro atoms. The first-order valence-corrected chi connectivity index (χ1v) is 7.26. The molecule has 0 saturated heterocycles. The van der Waals surface area contributed by atoms with Crippen LogP contribution in [0.25, 0.3) is 0 Å². The third-order valence-corrected chi connectivity index (χ3v) is 3.74. The fraction of sp³-hybridized carbons (Fsp3) is 0.312. The maximum absolute atomic E-state index is 12.0. The molecule has 0 aliphatic carbocycles. The van der Waals surface area contributed by atoms with Crippen molar-refractivity contribution in [2.24, 2.45) is 0 Å². The molecule has 0 aromatic heterocycles. The summed E-state index contributed by atoms with van der Waals surface area (Å²) in [4.78, 5) is 12.0. The number of hydrogen-bond donors (Lipinski definition) is 0. The molecule has 0 fully saturated rings. The summed E-state index contributed by atoms with van der Waals surface area (Å²) in [6.45, 7) is 5.85. The third kappa shape index (κ3) is 2.98. The highest BCUT2D eigenvalue weighted by atomic mass is 79.9. The predicted molar refractivity (Wildman–Crippen MR) is 79.7 cm³/mol. The number of rotatable bonds is 5. The minimum Gasteiger partial charge on any atom is -0.450 e. The lowest BCUT2D eigenvalue weighted by Crippen LogP contribution is -2.03. The van der Waals surface area contributed by atoms with Gasteiger partial charge in [0, 0.05) is 10.0 Å². The van der Waals surface area contributed by atoms with E-state index in [4.69, 9.17) is 4.74 Å². The number of carbonyl (C=O) groups excluding carboxylic acids is 1. The van der Waals surface area contributed by atoms with Gasteiger partial charge in [0.05, 0.1) is 0 Å². The molecule has 1 atom stereocenters. The first-order valence-electron chi connectivity index (χ1n) is 6.46. The monoisotopic (exact) mass is 320 g/mol. The summed E-state index contributed by atoms with van der Waals surface area (Å²) in [6, 6.07) is 7.90. The first kappa shape index (κ1) is 14.1. The number of halogens is 1. The van der Waals surface area contributed by atoms with Crippen LogP contribution in [0.5, 0.6) is 0 Å². The van der Waals surface area contributed by atoms with E-state index in [0.29, 0.717) is 6.42 Å². The topological polar surface area (TPSA) is 26.3 Å². The highest BCUT2D eigenvalue weighted by Crippen LogP contribution is 2.39. The van der Waals surface area contributed by atoms with Gasteiger partial charge >= 0.3 is 5.97 Å². The Labute approximate surface area is 122 Å². The highest BCUT2D eigenvalue weighted by molar-refractivity contribution is 9.10.